The van der Waals surface area contributed by atoms with E-state index in [4.69, 9.17) is 14.5 Å². The van der Waals surface area contributed by atoms with Crippen LogP contribution >= 0.6 is 0 Å². The minimum atomic E-state index is -1.11. The molecule has 6 heteroatoms. The lowest BCUT2D eigenvalue weighted by molar-refractivity contribution is -0.160. The van der Waals surface area contributed by atoms with Crippen LogP contribution in [0.25, 0.3) is 22.2 Å². The van der Waals surface area contributed by atoms with Crippen LogP contribution in [0.5, 0.6) is 0 Å². The van der Waals surface area contributed by atoms with Gasteiger partial charge in [-0.3, -0.25) is 0 Å². The van der Waals surface area contributed by atoms with Crippen molar-refractivity contribution in [3.8, 4) is 11.1 Å². The van der Waals surface area contributed by atoms with Crippen molar-refractivity contribution < 1.29 is 19.4 Å². The topological polar surface area (TPSA) is 73.6 Å². The van der Waals surface area contributed by atoms with E-state index in [1.165, 1.54) is 0 Å². The monoisotopic (exact) mass is 450 g/mol. The van der Waals surface area contributed by atoms with E-state index in [9.17, 15) is 9.90 Å². The second-order valence-corrected chi connectivity index (χ2v) is 10.1. The fourth-order valence-electron chi connectivity index (χ4n) is 4.62. The predicted octanol–water partition coefficient (Wildman–Crippen LogP) is 5.69. The van der Waals surface area contributed by atoms with Gasteiger partial charge in [-0.25, -0.2) is 9.78 Å². The maximum Gasteiger partial charge on any atom is 0.337 e. The van der Waals surface area contributed by atoms with Crippen LogP contribution in [0, 0.1) is 19.8 Å². The zero-order valence-corrected chi connectivity index (χ0v) is 20.2. The Hall–Kier alpha value is -2.70. The Kier molecular flexibility index (Phi) is 6.59. The third kappa shape index (κ3) is 5.12. The molecule has 0 radical (unpaired) electrons. The fourth-order valence-corrected chi connectivity index (χ4v) is 4.62. The van der Waals surface area contributed by atoms with E-state index in [0.717, 1.165) is 60.3 Å². The highest BCUT2D eigenvalue weighted by Gasteiger charge is 2.32. The largest absolute Gasteiger partial charge is 0.479 e. The van der Waals surface area contributed by atoms with Crippen molar-refractivity contribution in [3.05, 3.63) is 53.3 Å². The van der Waals surface area contributed by atoms with Crippen LogP contribution in [0.15, 0.2) is 36.5 Å². The zero-order valence-electron chi connectivity index (χ0n) is 20.2. The molecule has 1 unspecified atom stereocenters. The first-order chi connectivity index (χ1) is 15.6. The van der Waals surface area contributed by atoms with Gasteiger partial charge in [-0.05, 0) is 65.0 Å². The average Bonchev–Trinajstić information content (AvgIpc) is 3.14. The lowest BCUT2D eigenvalue weighted by atomic mass is 9.92. The number of hydrogen-bond donors (Lipinski definition) is 1. The van der Waals surface area contributed by atoms with Gasteiger partial charge in [-0.15, -0.1) is 0 Å². The molecule has 0 saturated carbocycles. The Morgan fingerprint density at radius 1 is 1.18 bits per heavy atom. The predicted molar refractivity (Wildman–Crippen MR) is 129 cm³/mol. The van der Waals surface area contributed by atoms with E-state index < -0.39 is 17.7 Å². The molecule has 1 saturated heterocycles. The highest BCUT2D eigenvalue weighted by Crippen LogP contribution is 2.40. The molecule has 1 fully saturated rings. The highest BCUT2D eigenvalue weighted by atomic mass is 16.5. The van der Waals surface area contributed by atoms with Gasteiger partial charge in [0.2, 0.25) is 0 Å². The first kappa shape index (κ1) is 23.5. The first-order valence-electron chi connectivity index (χ1n) is 11.7. The van der Waals surface area contributed by atoms with Gasteiger partial charge in [0.1, 0.15) is 5.65 Å². The lowest BCUT2D eigenvalue weighted by Crippen LogP contribution is -2.28. The number of hydrogen-bond acceptors (Lipinski definition) is 4. The van der Waals surface area contributed by atoms with Crippen molar-refractivity contribution in [2.45, 2.75) is 65.7 Å². The maximum absolute atomic E-state index is 12.4. The van der Waals surface area contributed by atoms with Gasteiger partial charge in [0, 0.05) is 48.2 Å². The van der Waals surface area contributed by atoms with Crippen molar-refractivity contribution in [2.24, 2.45) is 5.92 Å². The molecule has 3 aromatic rings. The van der Waals surface area contributed by atoms with Gasteiger partial charge in [-0.1, -0.05) is 29.8 Å². The number of aliphatic carboxylic acids is 1. The third-order valence-corrected chi connectivity index (χ3v) is 6.23. The molecule has 0 bridgehead atoms. The molecule has 176 valence electrons. The number of ether oxygens (including phenoxy) is 2. The van der Waals surface area contributed by atoms with E-state index in [-0.39, 0.29) is 0 Å². The summed E-state index contributed by atoms with van der Waals surface area (Å²) in [5.74, 6) is -0.459. The van der Waals surface area contributed by atoms with Crippen molar-refractivity contribution in [3.63, 3.8) is 0 Å². The third-order valence-electron chi connectivity index (χ3n) is 6.23. The summed E-state index contributed by atoms with van der Waals surface area (Å²) in [7, 11) is 0. The van der Waals surface area contributed by atoms with Crippen molar-refractivity contribution in [1.29, 1.82) is 0 Å². The van der Waals surface area contributed by atoms with Crippen LogP contribution in [0.2, 0.25) is 0 Å². The van der Waals surface area contributed by atoms with Crippen LogP contribution in [0.3, 0.4) is 0 Å². The summed E-state index contributed by atoms with van der Waals surface area (Å²) in [5, 5.41) is 11.1. The molecule has 6 nitrogen and oxygen atoms in total. The van der Waals surface area contributed by atoms with Gasteiger partial charge in [0.05, 0.1) is 5.60 Å². The Balaban J connectivity index is 1.91. The molecule has 4 rings (SSSR count). The second-order valence-electron chi connectivity index (χ2n) is 10.1. The van der Waals surface area contributed by atoms with Gasteiger partial charge >= 0.3 is 5.97 Å². The summed E-state index contributed by atoms with van der Waals surface area (Å²) in [6.07, 6.45) is 3.05. The number of pyridine rings is 1. The normalized spacial score (nSPS) is 16.3. The number of carbonyl (C=O) groups is 1. The van der Waals surface area contributed by atoms with Crippen LogP contribution in [0.1, 0.15) is 56.5 Å². The minimum absolute atomic E-state index is 0.551. The number of nitrogens with zero attached hydrogens (tertiary/aromatic N) is 2. The molecule has 1 aliphatic heterocycles. The number of carboxylic acids is 1. The second kappa shape index (κ2) is 9.27. The molecular weight excluding hydrogens is 416 g/mol. The van der Waals surface area contributed by atoms with E-state index in [1.54, 1.807) is 0 Å². The van der Waals surface area contributed by atoms with Crippen LogP contribution in [-0.4, -0.2) is 39.4 Å². The molecule has 2 aromatic heterocycles. The Bertz CT molecular complexity index is 1140. The maximum atomic E-state index is 12.4. The number of fused-ring (bicyclic) bond motifs is 1. The van der Waals surface area contributed by atoms with Gasteiger partial charge in [-0.2, -0.15) is 0 Å². The molecule has 33 heavy (non-hydrogen) atoms. The molecule has 0 spiro atoms. The molecule has 1 aliphatic rings. The first-order valence-corrected chi connectivity index (χ1v) is 11.7. The Labute approximate surface area is 195 Å². The van der Waals surface area contributed by atoms with Crippen LogP contribution < -0.4 is 0 Å². The fraction of sp³-hybridized carbons (Fsp3) is 0.481. The van der Waals surface area contributed by atoms with E-state index in [0.29, 0.717) is 17.2 Å². The SMILES string of the molecule is Cc1ccc(-c2c(C(OC(C)(C)C)C(=O)O)c(C)nc3c2ccn3CC2CCOCC2)cc1. The van der Waals surface area contributed by atoms with Crippen LogP contribution in [0.4, 0.5) is 0 Å². The smallest absolute Gasteiger partial charge is 0.337 e. The van der Waals surface area contributed by atoms with Gasteiger partial charge < -0.3 is 19.1 Å². The summed E-state index contributed by atoms with van der Waals surface area (Å²) in [4.78, 5) is 17.3. The summed E-state index contributed by atoms with van der Waals surface area (Å²) in [6.45, 7) is 12.1. The zero-order chi connectivity index (χ0) is 23.8. The van der Waals surface area contributed by atoms with Gasteiger partial charge in [0.25, 0.3) is 0 Å². The van der Waals surface area contributed by atoms with Crippen molar-refractivity contribution >= 4 is 17.0 Å². The average molecular weight is 451 g/mol. The molecule has 0 aliphatic carbocycles. The Morgan fingerprint density at radius 3 is 2.45 bits per heavy atom. The molecular formula is C27H34N2O4. The summed E-state index contributed by atoms with van der Waals surface area (Å²) < 4.78 is 13.8. The number of carboxylic acid groups (broad SMARTS) is 1. The van der Waals surface area contributed by atoms with E-state index in [1.807, 2.05) is 34.6 Å². The van der Waals surface area contributed by atoms with Crippen LogP contribution in [-0.2, 0) is 20.8 Å². The number of benzene rings is 1. The van der Waals surface area contributed by atoms with Gasteiger partial charge in [0.15, 0.2) is 6.10 Å². The van der Waals surface area contributed by atoms with Crippen molar-refractivity contribution in [2.75, 3.05) is 13.2 Å². The summed E-state index contributed by atoms with van der Waals surface area (Å²) in [5.41, 5.74) is 4.58. The van der Waals surface area contributed by atoms with E-state index >= 15 is 0 Å². The molecule has 0 amide bonds. The minimum Gasteiger partial charge on any atom is -0.479 e. The summed E-state index contributed by atoms with van der Waals surface area (Å²) >= 11 is 0. The Morgan fingerprint density at radius 2 is 1.85 bits per heavy atom. The number of aromatic nitrogens is 2. The number of rotatable bonds is 6. The molecule has 1 N–H and O–H groups in total. The standard InChI is InChI=1S/C27H34N2O4/c1-17-6-8-20(9-7-17)23-21-10-13-29(16-19-11-14-32-15-12-19)25(21)28-18(2)22(23)24(26(30)31)33-27(3,4)5/h6-10,13,19,24H,11-12,14-16H2,1-5H3,(H,30,31). The quantitative estimate of drug-likeness (QED) is 0.522. The summed E-state index contributed by atoms with van der Waals surface area (Å²) in [6, 6.07) is 10.3. The molecule has 1 aromatic carbocycles. The van der Waals surface area contributed by atoms with Crippen molar-refractivity contribution in [1.82, 2.24) is 9.55 Å². The number of aryl methyl sites for hydroxylation is 2. The highest BCUT2D eigenvalue weighted by molar-refractivity contribution is 5.97. The van der Waals surface area contributed by atoms with E-state index in [2.05, 4.69) is 41.1 Å². The molecule has 1 atom stereocenters. The lowest BCUT2D eigenvalue weighted by Gasteiger charge is -2.28. The molecule has 3 heterocycles.